The van der Waals surface area contributed by atoms with Gasteiger partial charge in [-0.3, -0.25) is 0 Å². The first kappa shape index (κ1) is 19.2. The van der Waals surface area contributed by atoms with Crippen LogP contribution in [-0.4, -0.2) is 50.6 Å². The van der Waals surface area contributed by atoms with Crippen LogP contribution in [0.25, 0.3) is 0 Å². The zero-order valence-corrected chi connectivity index (χ0v) is 11.1. The number of carboxylic acid groups (broad SMARTS) is 2. The molecule has 0 fully saturated rings. The largest absolute Gasteiger partial charge is 0.479 e. The van der Waals surface area contributed by atoms with E-state index < -0.39 is 24.1 Å². The van der Waals surface area contributed by atoms with Crippen LogP contribution in [0.3, 0.4) is 0 Å². The van der Waals surface area contributed by atoms with Crippen LogP contribution in [0.1, 0.15) is 34.1 Å². The topological polar surface area (TPSA) is 141 Å². The molecule has 0 aliphatic rings. The van der Waals surface area contributed by atoms with Gasteiger partial charge in [0.25, 0.3) is 0 Å². The molecular weight excluding hydrogens is 242 g/mol. The molecule has 6 N–H and O–H groups in total. The monoisotopic (exact) mass is 265 g/mol. The Kier molecular flexibility index (Phi) is 8.54. The number of rotatable bonds is 4. The van der Waals surface area contributed by atoms with Gasteiger partial charge in [0.15, 0.2) is 12.2 Å². The third kappa shape index (κ3) is 11.3. The SMILES string of the molecule is C[C@H](N)CC(C)(C)C.O=C(O)[C@@H](O)[C@H](O)C(=O)O. The van der Waals surface area contributed by atoms with Gasteiger partial charge in [-0.05, 0) is 18.8 Å². The molecule has 7 nitrogen and oxygen atoms in total. The van der Waals surface area contributed by atoms with Crippen LogP contribution in [-0.2, 0) is 9.59 Å². The highest BCUT2D eigenvalue weighted by molar-refractivity contribution is 5.83. The Morgan fingerprint density at radius 3 is 1.39 bits per heavy atom. The zero-order chi connectivity index (χ0) is 15.1. The average Bonchev–Trinajstić information content (AvgIpc) is 2.11. The van der Waals surface area contributed by atoms with Gasteiger partial charge in [0.2, 0.25) is 0 Å². The standard InChI is InChI=1S/C7H17N.C4H6O6/c1-6(8)5-7(2,3)4;5-1(3(7)8)2(6)4(9)10/h6H,5,8H2,1-4H3;1-2,5-6H,(H,7,8)(H,9,10)/t6-;1-,2-/m00/s1. The number of aliphatic hydroxyl groups excluding tert-OH is 2. The van der Waals surface area contributed by atoms with Crippen LogP contribution in [0.15, 0.2) is 0 Å². The second-order valence-corrected chi connectivity index (χ2v) is 5.31. The fraction of sp³-hybridized carbons (Fsp3) is 0.818. The van der Waals surface area contributed by atoms with Crippen molar-refractivity contribution in [3.05, 3.63) is 0 Å². The van der Waals surface area contributed by atoms with Crippen molar-refractivity contribution in [3.63, 3.8) is 0 Å². The number of hydrogen-bond acceptors (Lipinski definition) is 5. The normalized spacial score (nSPS) is 15.9. The Labute approximate surface area is 106 Å². The van der Waals surface area contributed by atoms with E-state index in [1.54, 1.807) is 0 Å². The Hall–Kier alpha value is -1.18. The first-order chi connectivity index (χ1) is 7.88. The number of aliphatic carboxylic acids is 2. The predicted molar refractivity (Wildman–Crippen MR) is 65.0 cm³/mol. The van der Waals surface area contributed by atoms with E-state index in [4.69, 9.17) is 26.2 Å². The molecule has 0 amide bonds. The average molecular weight is 265 g/mol. The van der Waals surface area contributed by atoms with Gasteiger partial charge >= 0.3 is 11.9 Å². The van der Waals surface area contributed by atoms with Crippen LogP contribution in [0.5, 0.6) is 0 Å². The van der Waals surface area contributed by atoms with Crippen molar-refractivity contribution in [2.75, 3.05) is 0 Å². The maximum Gasteiger partial charge on any atom is 0.335 e. The number of carboxylic acids is 2. The highest BCUT2D eigenvalue weighted by Gasteiger charge is 2.29. The minimum absolute atomic E-state index is 0.343. The van der Waals surface area contributed by atoms with E-state index in [0.29, 0.717) is 11.5 Å². The van der Waals surface area contributed by atoms with Crippen LogP contribution < -0.4 is 5.73 Å². The molecule has 0 heterocycles. The molecule has 0 aromatic heterocycles. The molecule has 0 radical (unpaired) electrons. The van der Waals surface area contributed by atoms with Gasteiger partial charge in [-0.1, -0.05) is 20.8 Å². The summed E-state index contributed by atoms with van der Waals surface area (Å²) in [7, 11) is 0. The second-order valence-electron chi connectivity index (χ2n) is 5.31. The minimum atomic E-state index is -2.27. The van der Waals surface area contributed by atoms with Gasteiger partial charge in [-0.15, -0.1) is 0 Å². The molecule has 0 aromatic carbocycles. The Morgan fingerprint density at radius 2 is 1.33 bits per heavy atom. The summed E-state index contributed by atoms with van der Waals surface area (Å²) in [6.07, 6.45) is -3.43. The minimum Gasteiger partial charge on any atom is -0.479 e. The number of nitrogens with two attached hydrogens (primary N) is 1. The first-order valence-corrected chi connectivity index (χ1v) is 5.46. The summed E-state index contributed by atoms with van der Waals surface area (Å²) in [6.45, 7) is 8.66. The van der Waals surface area contributed by atoms with Gasteiger partial charge in [0, 0.05) is 6.04 Å². The second kappa shape index (κ2) is 8.02. The summed E-state index contributed by atoms with van der Waals surface area (Å²) in [5.74, 6) is -3.54. The summed E-state index contributed by atoms with van der Waals surface area (Å²) in [5, 5.41) is 32.5. The molecule has 0 aliphatic carbocycles. The molecule has 0 saturated carbocycles. The highest BCUT2D eigenvalue weighted by atomic mass is 16.4. The molecule has 0 rings (SSSR count). The van der Waals surface area contributed by atoms with Crippen LogP contribution >= 0.6 is 0 Å². The molecule has 0 spiro atoms. The lowest BCUT2D eigenvalue weighted by Gasteiger charge is -2.19. The van der Waals surface area contributed by atoms with Crippen molar-refractivity contribution in [1.82, 2.24) is 0 Å². The molecule has 7 heteroatoms. The maximum atomic E-state index is 9.77. The van der Waals surface area contributed by atoms with E-state index in [0.717, 1.165) is 6.42 Å². The van der Waals surface area contributed by atoms with E-state index in [1.807, 2.05) is 6.92 Å². The summed E-state index contributed by atoms with van der Waals surface area (Å²) >= 11 is 0. The highest BCUT2D eigenvalue weighted by Crippen LogP contribution is 2.19. The molecule has 108 valence electrons. The number of hydrogen-bond donors (Lipinski definition) is 5. The van der Waals surface area contributed by atoms with Crippen LogP contribution in [0.2, 0.25) is 0 Å². The lowest BCUT2D eigenvalue weighted by Crippen LogP contribution is -2.39. The van der Waals surface area contributed by atoms with Crippen molar-refractivity contribution in [2.45, 2.75) is 52.4 Å². The lowest BCUT2D eigenvalue weighted by molar-refractivity contribution is -0.165. The van der Waals surface area contributed by atoms with Gasteiger partial charge in [-0.25, -0.2) is 9.59 Å². The van der Waals surface area contributed by atoms with Gasteiger partial charge < -0.3 is 26.2 Å². The lowest BCUT2D eigenvalue weighted by atomic mass is 9.89. The zero-order valence-electron chi connectivity index (χ0n) is 11.1. The third-order valence-corrected chi connectivity index (χ3v) is 1.74. The predicted octanol–water partition coefficient (Wildman–Crippen LogP) is -0.353. The summed E-state index contributed by atoms with van der Waals surface area (Å²) in [5.41, 5.74) is 5.98. The smallest absolute Gasteiger partial charge is 0.335 e. The molecule has 0 unspecified atom stereocenters. The van der Waals surface area contributed by atoms with Crippen molar-refractivity contribution in [1.29, 1.82) is 0 Å². The summed E-state index contributed by atoms with van der Waals surface area (Å²) < 4.78 is 0. The van der Waals surface area contributed by atoms with Crippen molar-refractivity contribution >= 4 is 11.9 Å². The van der Waals surface area contributed by atoms with E-state index in [2.05, 4.69) is 20.8 Å². The maximum absolute atomic E-state index is 9.77. The van der Waals surface area contributed by atoms with Crippen molar-refractivity contribution in [3.8, 4) is 0 Å². The van der Waals surface area contributed by atoms with Crippen molar-refractivity contribution in [2.24, 2.45) is 11.1 Å². The molecule has 0 aliphatic heterocycles. The Morgan fingerprint density at radius 1 is 1.06 bits per heavy atom. The summed E-state index contributed by atoms with van der Waals surface area (Å²) in [6, 6.07) is 0.343. The number of carbonyl (C=O) groups is 2. The summed E-state index contributed by atoms with van der Waals surface area (Å²) in [4.78, 5) is 19.5. The van der Waals surface area contributed by atoms with E-state index in [-0.39, 0.29) is 0 Å². The Bertz CT molecular complexity index is 253. The fourth-order valence-corrected chi connectivity index (χ4v) is 1.24. The fourth-order valence-electron chi connectivity index (χ4n) is 1.24. The first-order valence-electron chi connectivity index (χ1n) is 5.46. The van der Waals surface area contributed by atoms with Crippen molar-refractivity contribution < 1.29 is 30.0 Å². The molecule has 3 atom stereocenters. The van der Waals surface area contributed by atoms with Gasteiger partial charge in [-0.2, -0.15) is 0 Å². The molecule has 0 aromatic rings. The van der Waals surface area contributed by atoms with E-state index >= 15 is 0 Å². The van der Waals surface area contributed by atoms with Crippen LogP contribution in [0.4, 0.5) is 0 Å². The van der Waals surface area contributed by atoms with Crippen LogP contribution in [0, 0.1) is 5.41 Å². The van der Waals surface area contributed by atoms with Gasteiger partial charge in [0.1, 0.15) is 0 Å². The van der Waals surface area contributed by atoms with E-state index in [9.17, 15) is 9.59 Å². The molecule has 0 bridgehead atoms. The Balaban J connectivity index is 0. The quantitative estimate of drug-likeness (QED) is 0.467. The van der Waals surface area contributed by atoms with Gasteiger partial charge in [0.05, 0.1) is 0 Å². The van der Waals surface area contributed by atoms with E-state index in [1.165, 1.54) is 0 Å². The molecule has 0 saturated heterocycles. The molecular formula is C11H23NO6. The third-order valence-electron chi connectivity index (χ3n) is 1.74. The number of aliphatic hydroxyl groups is 2. The molecule has 18 heavy (non-hydrogen) atoms.